The van der Waals surface area contributed by atoms with E-state index in [0.717, 1.165) is 0 Å². The SMILES string of the molecule is C=C1NC(=O)N(Cc2ccc(-c3ccccc3[N+](=O)[O-])o2)C=C1C=O. The molecule has 1 aliphatic rings. The van der Waals surface area contributed by atoms with Crippen molar-refractivity contribution in [3.8, 4) is 11.3 Å². The molecule has 0 aliphatic carbocycles. The summed E-state index contributed by atoms with van der Waals surface area (Å²) in [5.41, 5.74) is 0.763. The Morgan fingerprint density at radius 3 is 2.76 bits per heavy atom. The third-order valence-corrected chi connectivity index (χ3v) is 3.64. The molecule has 0 unspecified atom stereocenters. The number of furan rings is 1. The van der Waals surface area contributed by atoms with Crippen molar-refractivity contribution in [1.82, 2.24) is 10.2 Å². The van der Waals surface area contributed by atoms with Gasteiger partial charge in [-0.2, -0.15) is 0 Å². The standard InChI is InChI=1S/C17H13N3O5/c1-11-12(10-21)8-19(17(22)18-11)9-13-6-7-16(25-13)14-4-2-3-5-15(14)20(23)24/h2-8,10H,1,9H2,(H,18,22). The van der Waals surface area contributed by atoms with Crippen molar-refractivity contribution in [2.24, 2.45) is 0 Å². The molecular formula is C17H13N3O5. The highest BCUT2D eigenvalue weighted by Gasteiger charge is 2.23. The molecule has 2 amide bonds. The van der Waals surface area contributed by atoms with Crippen LogP contribution >= 0.6 is 0 Å². The number of nitro groups is 1. The molecule has 0 bridgehead atoms. The summed E-state index contributed by atoms with van der Waals surface area (Å²) in [4.78, 5) is 34.8. The summed E-state index contributed by atoms with van der Waals surface area (Å²) < 4.78 is 5.64. The number of urea groups is 1. The molecule has 1 aliphatic heterocycles. The van der Waals surface area contributed by atoms with E-state index in [0.29, 0.717) is 23.4 Å². The lowest BCUT2D eigenvalue weighted by Gasteiger charge is -2.24. The highest BCUT2D eigenvalue weighted by Crippen LogP contribution is 2.31. The molecule has 25 heavy (non-hydrogen) atoms. The van der Waals surface area contributed by atoms with Gasteiger partial charge in [-0.3, -0.25) is 19.8 Å². The topological polar surface area (TPSA) is 106 Å². The van der Waals surface area contributed by atoms with Gasteiger partial charge in [0.25, 0.3) is 5.69 Å². The number of nitro benzene ring substituents is 1. The van der Waals surface area contributed by atoms with Crippen LogP contribution in [0.3, 0.4) is 0 Å². The first-order valence-electron chi connectivity index (χ1n) is 7.26. The lowest BCUT2D eigenvalue weighted by atomic mass is 10.1. The maximum atomic E-state index is 12.0. The van der Waals surface area contributed by atoms with Crippen LogP contribution < -0.4 is 5.32 Å². The van der Waals surface area contributed by atoms with Gasteiger partial charge >= 0.3 is 6.03 Å². The van der Waals surface area contributed by atoms with Gasteiger partial charge in [0.2, 0.25) is 0 Å². The number of carbonyl (C=O) groups is 2. The highest BCUT2D eigenvalue weighted by atomic mass is 16.6. The number of rotatable bonds is 5. The fourth-order valence-electron chi connectivity index (χ4n) is 2.41. The molecule has 0 radical (unpaired) electrons. The van der Waals surface area contributed by atoms with E-state index in [2.05, 4.69) is 11.9 Å². The number of nitrogens with zero attached hydrogens (tertiary/aromatic N) is 2. The summed E-state index contributed by atoms with van der Waals surface area (Å²) in [5.74, 6) is 0.737. The van der Waals surface area contributed by atoms with E-state index in [1.807, 2.05) is 0 Å². The van der Waals surface area contributed by atoms with E-state index in [-0.39, 0.29) is 23.5 Å². The number of amides is 2. The van der Waals surface area contributed by atoms with Crippen LogP contribution in [0.2, 0.25) is 0 Å². The Labute approximate surface area is 142 Å². The molecule has 0 saturated heterocycles. The molecule has 2 heterocycles. The van der Waals surface area contributed by atoms with Gasteiger partial charge in [-0.15, -0.1) is 0 Å². The van der Waals surface area contributed by atoms with Crippen LogP contribution in [0.1, 0.15) is 5.76 Å². The van der Waals surface area contributed by atoms with Gasteiger partial charge in [-0.25, -0.2) is 4.79 Å². The van der Waals surface area contributed by atoms with Gasteiger partial charge in [0, 0.05) is 18.0 Å². The van der Waals surface area contributed by atoms with Gasteiger partial charge in [0.1, 0.15) is 11.5 Å². The lowest BCUT2D eigenvalue weighted by Crippen LogP contribution is -2.40. The Bertz CT molecular complexity index is 913. The molecule has 1 aromatic carbocycles. The molecule has 1 aromatic heterocycles. The number of hydrogen-bond donors (Lipinski definition) is 1. The van der Waals surface area contributed by atoms with E-state index in [9.17, 15) is 19.7 Å². The summed E-state index contributed by atoms with van der Waals surface area (Å²) >= 11 is 0. The Morgan fingerprint density at radius 1 is 1.28 bits per heavy atom. The number of aldehydes is 1. The quantitative estimate of drug-likeness (QED) is 0.512. The third kappa shape index (κ3) is 3.18. The van der Waals surface area contributed by atoms with Crippen LogP contribution in [0.15, 0.2) is 64.9 Å². The monoisotopic (exact) mass is 339 g/mol. The van der Waals surface area contributed by atoms with Gasteiger partial charge in [-0.05, 0) is 18.2 Å². The number of benzene rings is 1. The zero-order chi connectivity index (χ0) is 18.0. The fraction of sp³-hybridized carbons (Fsp3) is 0.0588. The van der Waals surface area contributed by atoms with E-state index in [4.69, 9.17) is 4.42 Å². The molecule has 0 saturated carbocycles. The summed E-state index contributed by atoms with van der Waals surface area (Å²) in [5, 5.41) is 13.6. The summed E-state index contributed by atoms with van der Waals surface area (Å²) in [6.07, 6.45) is 1.97. The zero-order valence-corrected chi connectivity index (χ0v) is 13.0. The predicted octanol–water partition coefficient (Wildman–Crippen LogP) is 2.98. The lowest BCUT2D eigenvalue weighted by molar-refractivity contribution is -0.384. The third-order valence-electron chi connectivity index (χ3n) is 3.64. The molecule has 0 spiro atoms. The number of carbonyl (C=O) groups excluding carboxylic acids is 2. The maximum absolute atomic E-state index is 12.0. The second kappa shape index (κ2) is 6.44. The minimum atomic E-state index is -0.486. The first-order chi connectivity index (χ1) is 12.0. The number of allylic oxidation sites excluding steroid dienone is 1. The Kier molecular flexibility index (Phi) is 4.17. The Hall–Kier alpha value is -3.68. The molecule has 3 rings (SSSR count). The van der Waals surface area contributed by atoms with Crippen LogP contribution in [0.4, 0.5) is 10.5 Å². The number of hydrogen-bond acceptors (Lipinski definition) is 5. The first kappa shape index (κ1) is 16.2. The summed E-state index contributed by atoms with van der Waals surface area (Å²) in [7, 11) is 0. The Morgan fingerprint density at radius 2 is 2.04 bits per heavy atom. The van der Waals surface area contributed by atoms with E-state index < -0.39 is 11.0 Å². The summed E-state index contributed by atoms with van der Waals surface area (Å²) in [6, 6.07) is 9.00. The largest absolute Gasteiger partial charge is 0.459 e. The van der Waals surface area contributed by atoms with Crippen molar-refractivity contribution >= 4 is 18.0 Å². The average molecular weight is 339 g/mol. The fourth-order valence-corrected chi connectivity index (χ4v) is 2.41. The van der Waals surface area contributed by atoms with Crippen LogP contribution in [0, 0.1) is 10.1 Å². The number of para-hydroxylation sites is 1. The van der Waals surface area contributed by atoms with Gasteiger partial charge in [-0.1, -0.05) is 18.7 Å². The van der Waals surface area contributed by atoms with E-state index >= 15 is 0 Å². The van der Waals surface area contributed by atoms with Gasteiger partial charge in [0.15, 0.2) is 6.29 Å². The predicted molar refractivity (Wildman–Crippen MR) is 88.2 cm³/mol. The molecule has 8 nitrogen and oxygen atoms in total. The molecule has 8 heteroatoms. The van der Waals surface area contributed by atoms with Crippen LogP contribution in [0.25, 0.3) is 11.3 Å². The highest BCUT2D eigenvalue weighted by molar-refractivity contribution is 5.89. The second-order valence-electron chi connectivity index (χ2n) is 5.28. The van der Waals surface area contributed by atoms with Crippen LogP contribution in [0.5, 0.6) is 0 Å². The molecule has 126 valence electrons. The van der Waals surface area contributed by atoms with Gasteiger partial charge < -0.3 is 9.73 Å². The van der Waals surface area contributed by atoms with Crippen LogP contribution in [-0.4, -0.2) is 22.1 Å². The molecule has 1 N–H and O–H groups in total. The van der Waals surface area contributed by atoms with Crippen molar-refractivity contribution < 1.29 is 18.9 Å². The van der Waals surface area contributed by atoms with Crippen molar-refractivity contribution in [1.29, 1.82) is 0 Å². The average Bonchev–Trinajstić information content (AvgIpc) is 3.05. The molecule has 0 atom stereocenters. The first-order valence-corrected chi connectivity index (χ1v) is 7.26. The Balaban J connectivity index is 1.87. The minimum absolute atomic E-state index is 0.0666. The zero-order valence-electron chi connectivity index (χ0n) is 13.0. The van der Waals surface area contributed by atoms with Gasteiger partial charge in [0.05, 0.1) is 22.6 Å². The van der Waals surface area contributed by atoms with E-state index in [1.54, 1.807) is 30.3 Å². The van der Waals surface area contributed by atoms with Crippen LogP contribution in [-0.2, 0) is 11.3 Å². The maximum Gasteiger partial charge on any atom is 0.326 e. The van der Waals surface area contributed by atoms with Crippen molar-refractivity contribution in [2.75, 3.05) is 0 Å². The normalized spacial score (nSPS) is 14.1. The van der Waals surface area contributed by atoms with Crippen molar-refractivity contribution in [2.45, 2.75) is 6.54 Å². The van der Waals surface area contributed by atoms with Crippen molar-refractivity contribution in [3.63, 3.8) is 0 Å². The molecule has 0 fully saturated rings. The molecular weight excluding hydrogens is 326 g/mol. The van der Waals surface area contributed by atoms with Crippen molar-refractivity contribution in [3.05, 3.63) is 76.3 Å². The minimum Gasteiger partial charge on any atom is -0.459 e. The number of nitrogens with one attached hydrogen (secondary N) is 1. The molecule has 2 aromatic rings. The smallest absolute Gasteiger partial charge is 0.326 e. The second-order valence-corrected chi connectivity index (χ2v) is 5.28. The van der Waals surface area contributed by atoms with E-state index in [1.165, 1.54) is 17.2 Å². The summed E-state index contributed by atoms with van der Waals surface area (Å²) in [6.45, 7) is 3.65.